The average molecular weight is 442 g/mol. The van der Waals surface area contributed by atoms with Crippen LogP contribution < -0.4 is 10.5 Å². The first kappa shape index (κ1) is 20.6. The minimum absolute atomic E-state index is 0.238. The van der Waals surface area contributed by atoms with E-state index in [1.165, 1.54) is 18.2 Å². The Labute approximate surface area is 184 Å². The van der Waals surface area contributed by atoms with Gasteiger partial charge in [-0.15, -0.1) is 11.3 Å². The molecule has 0 amide bonds. The molecule has 0 fully saturated rings. The number of nitrogens with two attached hydrogens (primary N) is 1. The zero-order valence-corrected chi connectivity index (χ0v) is 18.2. The zero-order chi connectivity index (χ0) is 21.3. The third kappa shape index (κ3) is 4.00. The lowest BCUT2D eigenvalue weighted by Crippen LogP contribution is -2.06. The summed E-state index contributed by atoms with van der Waals surface area (Å²) in [7, 11) is 0. The molecule has 0 saturated heterocycles. The molecule has 4 rings (SSSR count). The van der Waals surface area contributed by atoms with Crippen LogP contribution in [0.4, 0.5) is 10.2 Å². The molecule has 3 aromatic rings. The highest BCUT2D eigenvalue weighted by atomic mass is 35.5. The second-order valence-corrected chi connectivity index (χ2v) is 9.06. The van der Waals surface area contributed by atoms with Gasteiger partial charge in [0.05, 0.1) is 5.02 Å². The van der Waals surface area contributed by atoms with Crippen LogP contribution in [-0.2, 0) is 19.4 Å². The smallest absolute Gasteiger partial charge is 0.142 e. The van der Waals surface area contributed by atoms with Crippen LogP contribution in [-0.4, -0.2) is 4.98 Å². The number of ether oxygens (including phenoxy) is 1. The van der Waals surface area contributed by atoms with Gasteiger partial charge < -0.3 is 10.5 Å². The summed E-state index contributed by atoms with van der Waals surface area (Å²) in [6.45, 7) is 2.33. The number of benzene rings is 1. The van der Waals surface area contributed by atoms with Crippen LogP contribution in [0.15, 0.2) is 24.3 Å². The van der Waals surface area contributed by atoms with E-state index in [1.807, 2.05) is 6.92 Å². The number of pyridine rings is 1. The second kappa shape index (κ2) is 8.63. The van der Waals surface area contributed by atoms with Gasteiger partial charge in [-0.3, -0.25) is 0 Å². The third-order valence-electron chi connectivity index (χ3n) is 5.41. The van der Waals surface area contributed by atoms with Crippen molar-refractivity contribution < 1.29 is 9.13 Å². The van der Waals surface area contributed by atoms with Crippen molar-refractivity contribution in [3.63, 3.8) is 0 Å². The fourth-order valence-corrected chi connectivity index (χ4v) is 5.19. The highest BCUT2D eigenvalue weighted by molar-refractivity contribution is 7.15. The molecule has 0 radical (unpaired) electrons. The molecule has 0 bridgehead atoms. The van der Waals surface area contributed by atoms with Crippen LogP contribution in [0.1, 0.15) is 46.5 Å². The average Bonchev–Trinajstić information content (AvgIpc) is 2.92. The second-order valence-electron chi connectivity index (χ2n) is 7.40. The molecular weight excluding hydrogens is 421 g/mol. The standard InChI is InChI=1S/C23H21ClFN3OS/c1-13-14(12-29-20-8-7-15(25)10-18(20)24)9-21(30-13)22-16-5-3-2-4-6-19(16)28-23(27)17(22)11-26/h7-10H,2-6,12H2,1H3,(H2,27,28). The summed E-state index contributed by atoms with van der Waals surface area (Å²) in [4.78, 5) is 6.63. The molecule has 0 spiro atoms. The maximum Gasteiger partial charge on any atom is 0.142 e. The molecule has 2 N–H and O–H groups in total. The van der Waals surface area contributed by atoms with Crippen LogP contribution in [0, 0.1) is 24.1 Å². The lowest BCUT2D eigenvalue weighted by Gasteiger charge is -2.14. The highest BCUT2D eigenvalue weighted by Crippen LogP contribution is 2.40. The number of nitrogen functional groups attached to an aromatic ring is 1. The van der Waals surface area contributed by atoms with Crippen molar-refractivity contribution in [2.24, 2.45) is 0 Å². The molecule has 1 aliphatic rings. The number of aryl methyl sites for hydroxylation is 2. The van der Waals surface area contributed by atoms with Gasteiger partial charge >= 0.3 is 0 Å². The molecule has 2 heterocycles. The van der Waals surface area contributed by atoms with Gasteiger partial charge in [-0.1, -0.05) is 18.0 Å². The molecular formula is C23H21ClFN3OS. The Bertz CT molecular complexity index is 1150. The van der Waals surface area contributed by atoms with Crippen molar-refractivity contribution >= 4 is 28.8 Å². The Morgan fingerprint density at radius 1 is 1.27 bits per heavy atom. The molecule has 30 heavy (non-hydrogen) atoms. The first-order valence-corrected chi connectivity index (χ1v) is 11.1. The molecule has 0 aliphatic heterocycles. The molecule has 7 heteroatoms. The summed E-state index contributed by atoms with van der Waals surface area (Å²) in [5, 5.41) is 10.0. The summed E-state index contributed by atoms with van der Waals surface area (Å²) in [5.41, 5.74) is 10.7. The van der Waals surface area contributed by atoms with Gasteiger partial charge in [-0.05, 0) is 62.4 Å². The van der Waals surface area contributed by atoms with E-state index in [0.29, 0.717) is 23.7 Å². The zero-order valence-electron chi connectivity index (χ0n) is 16.6. The lowest BCUT2D eigenvalue weighted by atomic mass is 9.95. The van der Waals surface area contributed by atoms with Gasteiger partial charge in [0.1, 0.15) is 35.6 Å². The van der Waals surface area contributed by atoms with Crippen molar-refractivity contribution in [2.75, 3.05) is 5.73 Å². The Morgan fingerprint density at radius 3 is 2.83 bits per heavy atom. The summed E-state index contributed by atoms with van der Waals surface area (Å²) >= 11 is 7.69. The number of rotatable bonds is 4. The minimum atomic E-state index is -0.402. The molecule has 1 aromatic carbocycles. The number of aromatic nitrogens is 1. The lowest BCUT2D eigenvalue weighted by molar-refractivity contribution is 0.306. The first-order chi connectivity index (χ1) is 14.5. The summed E-state index contributed by atoms with van der Waals surface area (Å²) in [6, 6.07) is 8.40. The maximum atomic E-state index is 13.3. The number of hydrogen-bond acceptors (Lipinski definition) is 5. The van der Waals surface area contributed by atoms with Crippen LogP contribution in [0.5, 0.6) is 5.75 Å². The summed E-state index contributed by atoms with van der Waals surface area (Å²) < 4.78 is 19.1. The molecule has 0 saturated carbocycles. The number of nitriles is 1. The van der Waals surface area contributed by atoms with E-state index in [2.05, 4.69) is 17.1 Å². The molecule has 154 valence electrons. The van der Waals surface area contributed by atoms with E-state index in [9.17, 15) is 9.65 Å². The Hall–Kier alpha value is -2.62. The van der Waals surface area contributed by atoms with E-state index >= 15 is 0 Å². The largest absolute Gasteiger partial charge is 0.487 e. The Kier molecular flexibility index (Phi) is 5.94. The number of nitrogens with zero attached hydrogens (tertiary/aromatic N) is 2. The van der Waals surface area contributed by atoms with Crippen molar-refractivity contribution in [3.8, 4) is 22.3 Å². The molecule has 2 aromatic heterocycles. The van der Waals surface area contributed by atoms with Gasteiger partial charge in [0.15, 0.2) is 0 Å². The summed E-state index contributed by atoms with van der Waals surface area (Å²) in [6.07, 6.45) is 5.12. The highest BCUT2D eigenvalue weighted by Gasteiger charge is 2.23. The van der Waals surface area contributed by atoms with E-state index in [1.54, 1.807) is 11.3 Å². The SMILES string of the molecule is Cc1sc(-c2c(C#N)c(N)nc3c2CCCCC3)cc1COc1ccc(F)cc1Cl. The van der Waals surface area contributed by atoms with Crippen LogP contribution in [0.3, 0.4) is 0 Å². The van der Waals surface area contributed by atoms with Gasteiger partial charge in [-0.2, -0.15) is 5.26 Å². The number of anilines is 1. The molecule has 0 unspecified atom stereocenters. The van der Waals surface area contributed by atoms with Gasteiger partial charge in [-0.25, -0.2) is 9.37 Å². The van der Waals surface area contributed by atoms with Crippen molar-refractivity contribution in [1.29, 1.82) is 5.26 Å². The predicted octanol–water partition coefficient (Wildman–Crippen LogP) is 6.21. The first-order valence-electron chi connectivity index (χ1n) is 9.86. The molecule has 4 nitrogen and oxygen atoms in total. The maximum absolute atomic E-state index is 13.3. The van der Waals surface area contributed by atoms with Crippen LogP contribution >= 0.6 is 22.9 Å². The van der Waals surface area contributed by atoms with E-state index < -0.39 is 5.82 Å². The Balaban J connectivity index is 1.71. The topological polar surface area (TPSA) is 71.9 Å². The Morgan fingerprint density at radius 2 is 2.07 bits per heavy atom. The van der Waals surface area contributed by atoms with Crippen molar-refractivity contribution in [2.45, 2.75) is 45.6 Å². The van der Waals surface area contributed by atoms with E-state index in [0.717, 1.165) is 64.2 Å². The van der Waals surface area contributed by atoms with Crippen molar-refractivity contribution in [1.82, 2.24) is 4.98 Å². The predicted molar refractivity (Wildman–Crippen MR) is 118 cm³/mol. The number of thiophene rings is 1. The van der Waals surface area contributed by atoms with E-state index in [4.69, 9.17) is 22.1 Å². The van der Waals surface area contributed by atoms with Crippen molar-refractivity contribution in [3.05, 3.63) is 62.4 Å². The number of hydrogen-bond donors (Lipinski definition) is 1. The fourth-order valence-electron chi connectivity index (χ4n) is 3.86. The number of halogens is 2. The van der Waals surface area contributed by atoms with E-state index in [-0.39, 0.29) is 5.02 Å². The van der Waals surface area contributed by atoms with Crippen LogP contribution in [0.2, 0.25) is 5.02 Å². The van der Waals surface area contributed by atoms with Gasteiger partial charge in [0.25, 0.3) is 0 Å². The fraction of sp³-hybridized carbons (Fsp3) is 0.304. The quantitative estimate of drug-likeness (QED) is 0.488. The number of fused-ring (bicyclic) bond motifs is 1. The summed E-state index contributed by atoms with van der Waals surface area (Å²) in [5.74, 6) is 0.335. The normalized spacial score (nSPS) is 13.4. The van der Waals surface area contributed by atoms with Gasteiger partial charge in [0.2, 0.25) is 0 Å². The molecule has 0 atom stereocenters. The molecule has 1 aliphatic carbocycles. The third-order valence-corrected chi connectivity index (χ3v) is 6.81. The van der Waals surface area contributed by atoms with Crippen LogP contribution in [0.25, 0.3) is 10.4 Å². The minimum Gasteiger partial charge on any atom is -0.487 e. The monoisotopic (exact) mass is 441 g/mol. The van der Waals surface area contributed by atoms with Gasteiger partial charge in [0, 0.05) is 26.6 Å².